The second-order valence-corrected chi connectivity index (χ2v) is 7.80. The maximum absolute atomic E-state index is 12.6. The molecule has 0 spiro atoms. The summed E-state index contributed by atoms with van der Waals surface area (Å²) in [5.74, 6) is 0.797. The lowest BCUT2D eigenvalue weighted by atomic mass is 9.70. The minimum Gasteiger partial charge on any atom is -0.493 e. The van der Waals surface area contributed by atoms with Crippen molar-refractivity contribution in [3.63, 3.8) is 0 Å². The predicted octanol–water partition coefficient (Wildman–Crippen LogP) is 3.88. The lowest BCUT2D eigenvalue weighted by molar-refractivity contribution is -0.140. The van der Waals surface area contributed by atoms with E-state index in [1.165, 1.54) is 0 Å². The zero-order valence-electron chi connectivity index (χ0n) is 18.7. The van der Waals surface area contributed by atoms with Gasteiger partial charge in [0.2, 0.25) is 0 Å². The van der Waals surface area contributed by atoms with Gasteiger partial charge in [-0.1, -0.05) is 0 Å². The highest BCUT2D eigenvalue weighted by molar-refractivity contribution is 5.92. The maximum Gasteiger partial charge on any atom is 0.312 e. The number of ether oxygens (including phenoxy) is 4. The molecule has 1 N–H and O–H groups in total. The molecule has 2 unspecified atom stereocenters. The highest BCUT2D eigenvalue weighted by atomic mass is 16.5. The molecule has 31 heavy (non-hydrogen) atoms. The first-order valence-electron chi connectivity index (χ1n) is 10.6. The van der Waals surface area contributed by atoms with Gasteiger partial charge in [0.05, 0.1) is 33.5 Å². The van der Waals surface area contributed by atoms with Crippen LogP contribution in [0.1, 0.15) is 42.5 Å². The Kier molecular flexibility index (Phi) is 5.71. The Morgan fingerprint density at radius 2 is 1.77 bits per heavy atom. The Balaban J connectivity index is 2.11. The summed E-state index contributed by atoms with van der Waals surface area (Å²) in [5, 5.41) is 10.3. The van der Waals surface area contributed by atoms with Gasteiger partial charge in [-0.25, -0.2) is 0 Å². The van der Waals surface area contributed by atoms with Crippen LogP contribution in [-0.4, -0.2) is 57.0 Å². The standard InChI is InChI=1S/C24H29NO6/c1-6-30-17-12-15-14(11-16(17)28-4)20-19-13(10-18(31-7-2)23(20)29-5)8-9-25(3)22(19)21(15)24(26)27/h10-12,21-22H,6-9H2,1-5H3,(H,26,27). The summed E-state index contributed by atoms with van der Waals surface area (Å²) in [4.78, 5) is 14.7. The Morgan fingerprint density at radius 1 is 1.06 bits per heavy atom. The summed E-state index contributed by atoms with van der Waals surface area (Å²) in [6, 6.07) is 5.39. The molecule has 0 radical (unpaired) electrons. The lowest BCUT2D eigenvalue weighted by Gasteiger charge is -2.43. The van der Waals surface area contributed by atoms with Gasteiger partial charge in [-0.2, -0.15) is 0 Å². The van der Waals surface area contributed by atoms with Gasteiger partial charge in [-0.05, 0) is 67.8 Å². The van der Waals surface area contributed by atoms with E-state index in [-0.39, 0.29) is 6.04 Å². The molecular formula is C24H29NO6. The van der Waals surface area contributed by atoms with E-state index >= 15 is 0 Å². The second-order valence-electron chi connectivity index (χ2n) is 7.80. The third-order valence-corrected chi connectivity index (χ3v) is 6.20. The molecule has 7 heteroatoms. The fourth-order valence-corrected chi connectivity index (χ4v) is 4.98. The van der Waals surface area contributed by atoms with Crippen molar-refractivity contribution in [3.05, 3.63) is 34.9 Å². The number of nitrogens with zero attached hydrogens (tertiary/aromatic N) is 1. The van der Waals surface area contributed by atoms with Crippen molar-refractivity contribution in [1.82, 2.24) is 4.90 Å². The van der Waals surface area contributed by atoms with Crippen LogP contribution in [0, 0.1) is 0 Å². The Labute approximate surface area is 182 Å². The third kappa shape index (κ3) is 3.28. The molecule has 0 bridgehead atoms. The van der Waals surface area contributed by atoms with E-state index in [4.69, 9.17) is 18.9 Å². The maximum atomic E-state index is 12.6. The van der Waals surface area contributed by atoms with Gasteiger partial charge in [0.1, 0.15) is 5.92 Å². The highest BCUT2D eigenvalue weighted by Gasteiger charge is 2.45. The summed E-state index contributed by atoms with van der Waals surface area (Å²) in [5.41, 5.74) is 4.47. The van der Waals surface area contributed by atoms with Crippen molar-refractivity contribution < 1.29 is 28.8 Å². The Hall–Kier alpha value is -2.93. The summed E-state index contributed by atoms with van der Waals surface area (Å²) in [6.07, 6.45) is 0.815. The molecule has 0 fully saturated rings. The van der Waals surface area contributed by atoms with E-state index in [1.807, 2.05) is 39.1 Å². The number of likely N-dealkylation sites (N-methyl/N-ethyl adjacent to an activating group) is 1. The Morgan fingerprint density at radius 3 is 2.39 bits per heavy atom. The molecular weight excluding hydrogens is 398 g/mol. The molecule has 166 valence electrons. The van der Waals surface area contributed by atoms with Crippen molar-refractivity contribution >= 4 is 5.97 Å². The number of carboxylic acids is 1. The molecule has 2 aliphatic rings. The highest BCUT2D eigenvalue weighted by Crippen LogP contribution is 2.58. The van der Waals surface area contributed by atoms with Crippen molar-refractivity contribution in [2.24, 2.45) is 0 Å². The summed E-state index contributed by atoms with van der Waals surface area (Å²) in [6.45, 7) is 5.56. The Bertz CT molecular complexity index is 1020. The van der Waals surface area contributed by atoms with Crippen LogP contribution in [0.15, 0.2) is 18.2 Å². The molecule has 0 amide bonds. The molecule has 7 nitrogen and oxygen atoms in total. The molecule has 1 heterocycles. The summed E-state index contributed by atoms with van der Waals surface area (Å²) in [7, 11) is 5.19. The van der Waals surface area contributed by atoms with Gasteiger partial charge in [0.25, 0.3) is 0 Å². The van der Waals surface area contributed by atoms with Crippen LogP contribution in [-0.2, 0) is 11.2 Å². The largest absolute Gasteiger partial charge is 0.493 e. The van der Waals surface area contributed by atoms with E-state index in [0.717, 1.165) is 35.2 Å². The van der Waals surface area contributed by atoms with Crippen LogP contribution in [0.5, 0.6) is 23.0 Å². The van der Waals surface area contributed by atoms with Gasteiger partial charge < -0.3 is 24.1 Å². The number of carboxylic acid groups (broad SMARTS) is 1. The van der Waals surface area contributed by atoms with Gasteiger partial charge >= 0.3 is 5.97 Å². The van der Waals surface area contributed by atoms with Crippen LogP contribution < -0.4 is 18.9 Å². The average molecular weight is 427 g/mol. The zero-order chi connectivity index (χ0) is 22.3. The van der Waals surface area contributed by atoms with Crippen molar-refractivity contribution in [2.75, 3.05) is 41.0 Å². The molecule has 0 aromatic heterocycles. The minimum absolute atomic E-state index is 0.309. The molecule has 1 aliphatic carbocycles. The topological polar surface area (TPSA) is 77.5 Å². The number of methoxy groups -OCH3 is 2. The molecule has 0 saturated heterocycles. The quantitative estimate of drug-likeness (QED) is 0.718. The number of aliphatic carboxylic acids is 1. The first kappa shape index (κ1) is 21.3. The third-order valence-electron chi connectivity index (χ3n) is 6.20. The molecule has 2 aromatic rings. The van der Waals surface area contributed by atoms with E-state index in [2.05, 4.69) is 4.90 Å². The normalized spacial score (nSPS) is 19.3. The van der Waals surface area contributed by atoms with E-state index in [1.54, 1.807) is 14.2 Å². The number of carbonyl (C=O) groups is 1. The molecule has 4 rings (SSSR count). The van der Waals surface area contributed by atoms with Gasteiger partial charge in [0.15, 0.2) is 23.0 Å². The predicted molar refractivity (Wildman–Crippen MR) is 117 cm³/mol. The van der Waals surface area contributed by atoms with Gasteiger partial charge in [-0.3, -0.25) is 9.69 Å². The van der Waals surface area contributed by atoms with Crippen LogP contribution in [0.3, 0.4) is 0 Å². The minimum atomic E-state index is -0.864. The molecule has 1 aliphatic heterocycles. The van der Waals surface area contributed by atoms with Crippen LogP contribution in [0.2, 0.25) is 0 Å². The smallest absolute Gasteiger partial charge is 0.312 e. The van der Waals surface area contributed by atoms with Crippen LogP contribution in [0.25, 0.3) is 11.1 Å². The number of rotatable bonds is 7. The number of benzene rings is 2. The van der Waals surface area contributed by atoms with Gasteiger partial charge in [0, 0.05) is 12.1 Å². The summed E-state index contributed by atoms with van der Waals surface area (Å²) < 4.78 is 23.1. The lowest BCUT2D eigenvalue weighted by Crippen LogP contribution is -2.40. The summed E-state index contributed by atoms with van der Waals surface area (Å²) >= 11 is 0. The van der Waals surface area contributed by atoms with E-state index < -0.39 is 11.9 Å². The zero-order valence-corrected chi connectivity index (χ0v) is 18.7. The van der Waals surface area contributed by atoms with Gasteiger partial charge in [-0.15, -0.1) is 0 Å². The number of hydrogen-bond acceptors (Lipinski definition) is 6. The average Bonchev–Trinajstić information content (AvgIpc) is 2.75. The monoisotopic (exact) mass is 427 g/mol. The first-order valence-corrected chi connectivity index (χ1v) is 10.6. The van der Waals surface area contributed by atoms with E-state index in [0.29, 0.717) is 41.8 Å². The van der Waals surface area contributed by atoms with Crippen molar-refractivity contribution in [3.8, 4) is 34.1 Å². The van der Waals surface area contributed by atoms with Crippen molar-refractivity contribution in [2.45, 2.75) is 32.2 Å². The van der Waals surface area contributed by atoms with Crippen LogP contribution >= 0.6 is 0 Å². The first-order chi connectivity index (χ1) is 15.0. The van der Waals surface area contributed by atoms with Crippen molar-refractivity contribution in [1.29, 1.82) is 0 Å². The molecule has 2 aromatic carbocycles. The fraction of sp³-hybridized carbons (Fsp3) is 0.458. The SMILES string of the molecule is CCOc1cc2c(cc1OC)-c1c(OC)c(OCC)cc3c1C(C2C(=O)O)N(C)CC3. The molecule has 2 atom stereocenters. The van der Waals surface area contributed by atoms with E-state index in [9.17, 15) is 9.90 Å². The number of fused-ring (bicyclic) bond motifs is 2. The van der Waals surface area contributed by atoms with Crippen LogP contribution in [0.4, 0.5) is 0 Å². The second kappa shape index (κ2) is 8.30. The fourth-order valence-electron chi connectivity index (χ4n) is 4.98. The number of hydrogen-bond donors (Lipinski definition) is 1. The molecule has 0 saturated carbocycles.